The quantitative estimate of drug-likeness (QED) is 0.576. The number of hydrogen-bond acceptors (Lipinski definition) is 4. The molecule has 3 rings (SSSR count). The molecule has 0 bridgehead atoms. The Hall–Kier alpha value is -2.37. The van der Waals surface area contributed by atoms with Gasteiger partial charge in [-0.2, -0.15) is 0 Å². The fourth-order valence-corrected chi connectivity index (χ4v) is 4.01. The molecule has 1 saturated carbocycles. The molecular weight excluding hydrogens is 364 g/mol. The molecule has 0 radical (unpaired) electrons. The van der Waals surface area contributed by atoms with Crippen molar-refractivity contribution in [3.8, 4) is 5.75 Å². The summed E-state index contributed by atoms with van der Waals surface area (Å²) in [4.78, 5) is 11.0. The molecule has 156 valence electrons. The highest BCUT2D eigenvalue weighted by Gasteiger charge is 2.22. The summed E-state index contributed by atoms with van der Waals surface area (Å²) >= 11 is 0. The summed E-state index contributed by atoms with van der Waals surface area (Å²) in [5.74, 6) is 1.03. The minimum Gasteiger partial charge on any atom is -0.491 e. The standard InChI is InChI=1S/C24H32N2O3/c25-24(28)15-12-20-8-4-5-9-23(20)29-17-22(27)16-26-21-13-10-19(11-14-21)18-6-2-1-3-7-18/h1-9,19,21-22,26-27H,10-17H2,(H2,25,28). The first-order chi connectivity index (χ1) is 14.1. The van der Waals surface area contributed by atoms with Gasteiger partial charge in [-0.25, -0.2) is 0 Å². The average molecular weight is 397 g/mol. The van der Waals surface area contributed by atoms with E-state index in [1.54, 1.807) is 0 Å². The van der Waals surface area contributed by atoms with Crippen LogP contribution in [0.2, 0.25) is 0 Å². The Morgan fingerprint density at radius 1 is 1.07 bits per heavy atom. The molecule has 1 amide bonds. The predicted octanol–water partition coefficient (Wildman–Crippen LogP) is 3.16. The molecule has 1 fully saturated rings. The van der Waals surface area contributed by atoms with Crippen LogP contribution in [0.15, 0.2) is 54.6 Å². The van der Waals surface area contributed by atoms with Gasteiger partial charge in [-0.05, 0) is 55.2 Å². The Labute approximate surface area is 173 Å². The summed E-state index contributed by atoms with van der Waals surface area (Å²) in [6.07, 6.45) is 4.88. The maximum absolute atomic E-state index is 11.0. The SMILES string of the molecule is NC(=O)CCc1ccccc1OCC(O)CNC1CCC(c2ccccc2)CC1. The lowest BCUT2D eigenvalue weighted by Gasteiger charge is -2.30. The Morgan fingerprint density at radius 3 is 2.48 bits per heavy atom. The number of rotatable bonds is 10. The van der Waals surface area contributed by atoms with Crippen molar-refractivity contribution in [2.24, 2.45) is 5.73 Å². The number of nitrogens with one attached hydrogen (secondary N) is 1. The number of hydrogen-bond donors (Lipinski definition) is 3. The topological polar surface area (TPSA) is 84.6 Å². The first-order valence-corrected chi connectivity index (χ1v) is 10.6. The molecule has 2 aromatic carbocycles. The number of carbonyl (C=O) groups is 1. The minimum atomic E-state index is -0.578. The molecule has 0 spiro atoms. The number of aliphatic hydroxyl groups excluding tert-OH is 1. The molecule has 0 saturated heterocycles. The summed E-state index contributed by atoms with van der Waals surface area (Å²) in [5.41, 5.74) is 7.61. The van der Waals surface area contributed by atoms with E-state index in [0.717, 1.165) is 18.4 Å². The number of nitrogens with two attached hydrogens (primary N) is 1. The van der Waals surface area contributed by atoms with Crippen LogP contribution < -0.4 is 15.8 Å². The highest BCUT2D eigenvalue weighted by atomic mass is 16.5. The molecule has 0 heterocycles. The van der Waals surface area contributed by atoms with Crippen molar-refractivity contribution in [2.75, 3.05) is 13.2 Å². The lowest BCUT2D eigenvalue weighted by atomic mass is 9.82. The van der Waals surface area contributed by atoms with Gasteiger partial charge in [-0.1, -0.05) is 48.5 Å². The van der Waals surface area contributed by atoms with Crippen LogP contribution in [0.4, 0.5) is 0 Å². The van der Waals surface area contributed by atoms with Crippen LogP contribution >= 0.6 is 0 Å². The van der Waals surface area contributed by atoms with Crippen molar-refractivity contribution >= 4 is 5.91 Å². The Morgan fingerprint density at radius 2 is 1.76 bits per heavy atom. The Kier molecular flexibility index (Phi) is 8.08. The van der Waals surface area contributed by atoms with Gasteiger partial charge in [-0.3, -0.25) is 4.79 Å². The van der Waals surface area contributed by atoms with Gasteiger partial charge in [-0.15, -0.1) is 0 Å². The molecule has 0 aromatic heterocycles. The van der Waals surface area contributed by atoms with Gasteiger partial charge in [0, 0.05) is 19.0 Å². The maximum Gasteiger partial charge on any atom is 0.217 e. The van der Waals surface area contributed by atoms with E-state index < -0.39 is 6.10 Å². The van der Waals surface area contributed by atoms with Gasteiger partial charge in [0.2, 0.25) is 5.91 Å². The number of para-hydroxylation sites is 1. The second kappa shape index (κ2) is 11.0. The zero-order valence-corrected chi connectivity index (χ0v) is 16.9. The molecule has 4 N–H and O–H groups in total. The van der Waals surface area contributed by atoms with Gasteiger partial charge in [0.1, 0.15) is 18.5 Å². The predicted molar refractivity (Wildman–Crippen MR) is 115 cm³/mol. The van der Waals surface area contributed by atoms with Gasteiger partial charge in [0.05, 0.1) is 0 Å². The highest BCUT2D eigenvalue weighted by Crippen LogP contribution is 2.32. The Bertz CT molecular complexity index is 758. The smallest absolute Gasteiger partial charge is 0.217 e. The van der Waals surface area contributed by atoms with Crippen LogP contribution in [0.25, 0.3) is 0 Å². The summed E-state index contributed by atoms with van der Waals surface area (Å²) in [6.45, 7) is 0.740. The summed E-state index contributed by atoms with van der Waals surface area (Å²) in [6, 6.07) is 18.8. The van der Waals surface area contributed by atoms with Crippen molar-refractivity contribution in [3.63, 3.8) is 0 Å². The number of ether oxygens (including phenoxy) is 1. The molecular formula is C24H32N2O3. The number of benzene rings is 2. The average Bonchev–Trinajstić information content (AvgIpc) is 2.76. The molecule has 0 aliphatic heterocycles. The Balaban J connectivity index is 1.38. The van der Waals surface area contributed by atoms with Crippen molar-refractivity contribution < 1.29 is 14.6 Å². The molecule has 1 aliphatic rings. The molecule has 2 aromatic rings. The zero-order valence-electron chi connectivity index (χ0n) is 16.9. The van der Waals surface area contributed by atoms with Crippen LogP contribution in [0.1, 0.15) is 49.1 Å². The van der Waals surface area contributed by atoms with Crippen molar-refractivity contribution in [1.29, 1.82) is 0 Å². The van der Waals surface area contributed by atoms with Crippen LogP contribution in [0.5, 0.6) is 5.75 Å². The lowest BCUT2D eigenvalue weighted by molar-refractivity contribution is -0.117. The summed E-state index contributed by atoms with van der Waals surface area (Å²) < 4.78 is 5.80. The van der Waals surface area contributed by atoms with E-state index in [2.05, 4.69) is 35.6 Å². The van der Waals surface area contributed by atoms with Crippen molar-refractivity contribution in [2.45, 2.75) is 56.6 Å². The molecule has 5 nitrogen and oxygen atoms in total. The fraction of sp³-hybridized carbons (Fsp3) is 0.458. The van der Waals surface area contributed by atoms with Gasteiger partial charge in [0.25, 0.3) is 0 Å². The number of primary amides is 1. The normalized spacial score (nSPS) is 20.2. The van der Waals surface area contributed by atoms with Crippen LogP contribution in [0, 0.1) is 0 Å². The first kappa shape index (κ1) is 21.3. The number of carbonyl (C=O) groups excluding carboxylic acids is 1. The van der Waals surface area contributed by atoms with Gasteiger partial charge < -0.3 is 20.9 Å². The second-order valence-electron chi connectivity index (χ2n) is 7.91. The van der Waals surface area contributed by atoms with Crippen LogP contribution in [0.3, 0.4) is 0 Å². The van der Waals surface area contributed by atoms with Gasteiger partial charge >= 0.3 is 0 Å². The molecule has 5 heteroatoms. The third-order valence-electron chi connectivity index (χ3n) is 5.68. The van der Waals surface area contributed by atoms with E-state index in [4.69, 9.17) is 10.5 Å². The number of aryl methyl sites for hydroxylation is 1. The summed E-state index contributed by atoms with van der Waals surface area (Å²) in [5, 5.41) is 13.8. The highest BCUT2D eigenvalue weighted by molar-refractivity contribution is 5.74. The molecule has 29 heavy (non-hydrogen) atoms. The van der Waals surface area contributed by atoms with E-state index in [1.807, 2.05) is 24.3 Å². The van der Waals surface area contributed by atoms with E-state index in [-0.39, 0.29) is 18.9 Å². The van der Waals surface area contributed by atoms with Crippen LogP contribution in [-0.4, -0.2) is 36.3 Å². The van der Waals surface area contributed by atoms with Crippen LogP contribution in [-0.2, 0) is 11.2 Å². The van der Waals surface area contributed by atoms with E-state index >= 15 is 0 Å². The summed E-state index contributed by atoms with van der Waals surface area (Å²) in [7, 11) is 0. The largest absolute Gasteiger partial charge is 0.491 e. The van der Waals surface area contributed by atoms with Crippen molar-refractivity contribution in [3.05, 3.63) is 65.7 Å². The van der Waals surface area contributed by atoms with Gasteiger partial charge in [0.15, 0.2) is 0 Å². The second-order valence-corrected chi connectivity index (χ2v) is 7.91. The fourth-order valence-electron chi connectivity index (χ4n) is 4.01. The molecule has 1 atom stereocenters. The first-order valence-electron chi connectivity index (χ1n) is 10.6. The number of aliphatic hydroxyl groups is 1. The maximum atomic E-state index is 11.0. The lowest BCUT2D eigenvalue weighted by Crippen LogP contribution is -2.39. The third kappa shape index (κ3) is 6.87. The minimum absolute atomic E-state index is 0.222. The zero-order chi connectivity index (χ0) is 20.5. The monoisotopic (exact) mass is 396 g/mol. The van der Waals surface area contributed by atoms with Crippen molar-refractivity contribution in [1.82, 2.24) is 5.32 Å². The number of amides is 1. The third-order valence-corrected chi connectivity index (χ3v) is 5.68. The van der Waals surface area contributed by atoms with E-state index in [9.17, 15) is 9.90 Å². The van der Waals surface area contributed by atoms with E-state index in [1.165, 1.54) is 18.4 Å². The van der Waals surface area contributed by atoms with E-state index in [0.29, 0.717) is 30.7 Å². The molecule has 1 aliphatic carbocycles. The molecule has 1 unspecified atom stereocenters.